The molecule has 4 heteroatoms. The lowest BCUT2D eigenvalue weighted by atomic mass is 9.91. The first kappa shape index (κ1) is 13.6. The van der Waals surface area contributed by atoms with Crippen molar-refractivity contribution >= 4 is 21.9 Å². The van der Waals surface area contributed by atoms with E-state index in [2.05, 4.69) is 47.2 Å². The van der Waals surface area contributed by atoms with Crippen molar-refractivity contribution < 1.29 is 9.90 Å². The summed E-state index contributed by atoms with van der Waals surface area (Å²) >= 11 is 3.49. The summed E-state index contributed by atoms with van der Waals surface area (Å²) in [5.41, 5.74) is 2.52. The molecule has 0 bridgehead atoms. The fraction of sp³-hybridized carbons (Fsp3) is 0.500. The third-order valence-electron chi connectivity index (χ3n) is 3.53. The first-order chi connectivity index (χ1) is 8.49. The van der Waals surface area contributed by atoms with Crippen molar-refractivity contribution in [1.29, 1.82) is 0 Å². The number of hydrogen-bond donors (Lipinski definition) is 2. The van der Waals surface area contributed by atoms with Crippen molar-refractivity contribution in [2.45, 2.75) is 32.2 Å². The molecule has 2 atom stereocenters. The first-order valence-corrected chi connectivity index (χ1v) is 7.04. The Hall–Kier alpha value is -0.870. The Bertz CT molecular complexity index is 459. The SMILES string of the molecule is CC(C)c1ccc(Br)cc1C1CC(C(=O)O)CN1. The second kappa shape index (κ2) is 5.41. The van der Waals surface area contributed by atoms with E-state index in [0.29, 0.717) is 18.9 Å². The Morgan fingerprint density at radius 2 is 2.22 bits per heavy atom. The third kappa shape index (κ3) is 2.75. The minimum atomic E-state index is -0.703. The number of rotatable bonds is 3. The average Bonchev–Trinajstić information content (AvgIpc) is 2.77. The number of carbonyl (C=O) groups is 1. The van der Waals surface area contributed by atoms with Gasteiger partial charge in [-0.25, -0.2) is 0 Å². The second-order valence-corrected chi connectivity index (χ2v) is 6.08. The van der Waals surface area contributed by atoms with Crippen LogP contribution >= 0.6 is 15.9 Å². The summed E-state index contributed by atoms with van der Waals surface area (Å²) < 4.78 is 1.04. The maximum absolute atomic E-state index is 11.0. The molecular formula is C14H18BrNO2. The van der Waals surface area contributed by atoms with Crippen LogP contribution in [0.1, 0.15) is 43.4 Å². The van der Waals surface area contributed by atoms with Gasteiger partial charge >= 0.3 is 5.97 Å². The normalized spacial score (nSPS) is 23.6. The van der Waals surface area contributed by atoms with Gasteiger partial charge in [0.15, 0.2) is 0 Å². The van der Waals surface area contributed by atoms with Gasteiger partial charge in [-0.15, -0.1) is 0 Å². The van der Waals surface area contributed by atoms with Gasteiger partial charge < -0.3 is 10.4 Å². The van der Waals surface area contributed by atoms with Gasteiger partial charge in [0.25, 0.3) is 0 Å². The molecule has 1 aliphatic heterocycles. The lowest BCUT2D eigenvalue weighted by molar-refractivity contribution is -0.141. The number of halogens is 1. The molecule has 1 fully saturated rings. The lowest BCUT2D eigenvalue weighted by Crippen LogP contribution is -2.18. The highest BCUT2D eigenvalue weighted by Gasteiger charge is 2.31. The van der Waals surface area contributed by atoms with Crippen molar-refractivity contribution in [1.82, 2.24) is 5.32 Å². The monoisotopic (exact) mass is 311 g/mol. The average molecular weight is 312 g/mol. The van der Waals surface area contributed by atoms with E-state index in [1.807, 2.05) is 6.07 Å². The zero-order valence-corrected chi connectivity index (χ0v) is 12.2. The predicted molar refractivity (Wildman–Crippen MR) is 74.7 cm³/mol. The number of carboxylic acid groups (broad SMARTS) is 1. The summed E-state index contributed by atoms with van der Waals surface area (Å²) in [6.07, 6.45) is 0.672. The maximum Gasteiger partial charge on any atom is 0.307 e. The number of carboxylic acids is 1. The maximum atomic E-state index is 11.0. The molecule has 2 unspecified atom stereocenters. The van der Waals surface area contributed by atoms with E-state index in [0.717, 1.165) is 4.47 Å². The van der Waals surface area contributed by atoms with E-state index in [1.54, 1.807) is 0 Å². The van der Waals surface area contributed by atoms with E-state index < -0.39 is 5.97 Å². The van der Waals surface area contributed by atoms with Gasteiger partial charge in [0, 0.05) is 17.1 Å². The zero-order valence-electron chi connectivity index (χ0n) is 10.6. The van der Waals surface area contributed by atoms with Gasteiger partial charge in [-0.2, -0.15) is 0 Å². The van der Waals surface area contributed by atoms with Gasteiger partial charge in [0.05, 0.1) is 5.92 Å². The summed E-state index contributed by atoms with van der Waals surface area (Å²) in [4.78, 5) is 11.0. The minimum Gasteiger partial charge on any atom is -0.481 e. The fourth-order valence-corrected chi connectivity index (χ4v) is 2.91. The molecule has 0 aliphatic carbocycles. The summed E-state index contributed by atoms with van der Waals surface area (Å²) in [5, 5.41) is 12.4. The van der Waals surface area contributed by atoms with E-state index in [9.17, 15) is 4.79 Å². The van der Waals surface area contributed by atoms with E-state index in [4.69, 9.17) is 5.11 Å². The van der Waals surface area contributed by atoms with Crippen LogP contribution in [0.5, 0.6) is 0 Å². The molecule has 1 saturated heterocycles. The highest BCUT2D eigenvalue weighted by Crippen LogP contribution is 2.34. The van der Waals surface area contributed by atoms with Crippen LogP contribution in [0.4, 0.5) is 0 Å². The summed E-state index contributed by atoms with van der Waals surface area (Å²) in [6.45, 7) is 4.89. The highest BCUT2D eigenvalue weighted by molar-refractivity contribution is 9.10. The molecule has 1 aliphatic rings. The van der Waals surface area contributed by atoms with E-state index in [1.165, 1.54) is 11.1 Å². The van der Waals surface area contributed by atoms with Crippen LogP contribution in [0, 0.1) is 5.92 Å². The number of benzene rings is 1. The van der Waals surface area contributed by atoms with Crippen molar-refractivity contribution in [3.05, 3.63) is 33.8 Å². The summed E-state index contributed by atoms with van der Waals surface area (Å²) in [6, 6.07) is 6.43. The van der Waals surface area contributed by atoms with Gasteiger partial charge in [-0.1, -0.05) is 35.8 Å². The van der Waals surface area contributed by atoms with Crippen LogP contribution in [-0.2, 0) is 4.79 Å². The molecule has 2 rings (SSSR count). The Balaban J connectivity index is 2.28. The van der Waals surface area contributed by atoms with Crippen molar-refractivity contribution in [3.8, 4) is 0 Å². The van der Waals surface area contributed by atoms with Crippen LogP contribution in [0.3, 0.4) is 0 Å². The van der Waals surface area contributed by atoms with E-state index in [-0.39, 0.29) is 12.0 Å². The number of aliphatic carboxylic acids is 1. The molecule has 0 spiro atoms. The van der Waals surface area contributed by atoms with Crippen molar-refractivity contribution in [2.24, 2.45) is 5.92 Å². The smallest absolute Gasteiger partial charge is 0.307 e. The van der Waals surface area contributed by atoms with Crippen molar-refractivity contribution in [3.63, 3.8) is 0 Å². The topological polar surface area (TPSA) is 49.3 Å². The molecule has 1 heterocycles. The number of hydrogen-bond acceptors (Lipinski definition) is 2. The Morgan fingerprint density at radius 1 is 1.50 bits per heavy atom. The number of nitrogens with one attached hydrogen (secondary N) is 1. The van der Waals surface area contributed by atoms with Gasteiger partial charge in [-0.3, -0.25) is 4.79 Å². The molecule has 98 valence electrons. The second-order valence-electron chi connectivity index (χ2n) is 5.16. The Kier molecular flexibility index (Phi) is 4.07. The predicted octanol–water partition coefficient (Wildman–Crippen LogP) is 3.31. The van der Waals surface area contributed by atoms with Crippen LogP contribution in [0.25, 0.3) is 0 Å². The van der Waals surface area contributed by atoms with Crippen LogP contribution < -0.4 is 5.32 Å². The lowest BCUT2D eigenvalue weighted by Gasteiger charge is -2.19. The molecule has 0 saturated carbocycles. The standard InChI is InChI=1S/C14H18BrNO2/c1-8(2)11-4-3-10(15)6-12(11)13-5-9(7-16-13)14(17)18/h3-4,6,8-9,13,16H,5,7H2,1-2H3,(H,17,18). The van der Waals surface area contributed by atoms with Crippen LogP contribution in [-0.4, -0.2) is 17.6 Å². The first-order valence-electron chi connectivity index (χ1n) is 6.24. The zero-order chi connectivity index (χ0) is 13.3. The fourth-order valence-electron chi connectivity index (χ4n) is 2.53. The van der Waals surface area contributed by atoms with Gasteiger partial charge in [-0.05, 0) is 35.6 Å². The quantitative estimate of drug-likeness (QED) is 0.900. The van der Waals surface area contributed by atoms with Crippen molar-refractivity contribution in [2.75, 3.05) is 6.54 Å². The largest absolute Gasteiger partial charge is 0.481 e. The molecule has 0 aromatic heterocycles. The van der Waals surface area contributed by atoms with E-state index >= 15 is 0 Å². The molecule has 2 N–H and O–H groups in total. The molecule has 3 nitrogen and oxygen atoms in total. The van der Waals surface area contributed by atoms with Crippen LogP contribution in [0.15, 0.2) is 22.7 Å². The Labute approximate surface area is 116 Å². The third-order valence-corrected chi connectivity index (χ3v) is 4.02. The summed E-state index contributed by atoms with van der Waals surface area (Å²) in [5.74, 6) is -0.529. The molecule has 1 aromatic rings. The molecular weight excluding hydrogens is 294 g/mol. The van der Waals surface area contributed by atoms with Gasteiger partial charge in [0.1, 0.15) is 0 Å². The molecule has 1 aromatic carbocycles. The Morgan fingerprint density at radius 3 is 2.78 bits per heavy atom. The molecule has 18 heavy (non-hydrogen) atoms. The molecule has 0 amide bonds. The molecule has 0 radical (unpaired) electrons. The minimum absolute atomic E-state index is 0.154. The van der Waals surface area contributed by atoms with Gasteiger partial charge in [0.2, 0.25) is 0 Å². The van der Waals surface area contributed by atoms with Crippen LogP contribution in [0.2, 0.25) is 0 Å². The summed E-state index contributed by atoms with van der Waals surface area (Å²) in [7, 11) is 0. The highest BCUT2D eigenvalue weighted by atomic mass is 79.9.